The summed E-state index contributed by atoms with van der Waals surface area (Å²) in [6.45, 7) is 0. The highest BCUT2D eigenvalue weighted by Gasteiger charge is 2.09. The highest BCUT2D eigenvalue weighted by molar-refractivity contribution is 14.1. The molecule has 0 saturated heterocycles. The number of benzene rings is 2. The predicted molar refractivity (Wildman–Crippen MR) is 92.1 cm³/mol. The lowest BCUT2D eigenvalue weighted by Gasteiger charge is -2.07. The number of anilines is 1. The third-order valence-electron chi connectivity index (χ3n) is 2.70. The van der Waals surface area contributed by atoms with Crippen molar-refractivity contribution < 1.29 is 13.2 Å². The van der Waals surface area contributed by atoms with Gasteiger partial charge in [0.15, 0.2) is 9.84 Å². The number of carbonyl (C=O) groups is 1. The van der Waals surface area contributed by atoms with E-state index in [1.165, 1.54) is 6.26 Å². The van der Waals surface area contributed by atoms with Crippen molar-refractivity contribution in [3.8, 4) is 0 Å². The van der Waals surface area contributed by atoms with Gasteiger partial charge in [0.1, 0.15) is 0 Å². The van der Waals surface area contributed by atoms with Gasteiger partial charge in [0.05, 0.1) is 5.75 Å². The third kappa shape index (κ3) is 5.13. The van der Waals surface area contributed by atoms with Gasteiger partial charge < -0.3 is 5.32 Å². The number of amides is 1. The minimum atomic E-state index is -3.12. The van der Waals surface area contributed by atoms with E-state index in [9.17, 15) is 13.2 Å². The number of carbonyl (C=O) groups excluding carboxylic acids is 1. The zero-order chi connectivity index (χ0) is 15.5. The molecule has 6 heteroatoms. The molecule has 1 N–H and O–H groups in total. The Morgan fingerprint density at radius 3 is 2.52 bits per heavy atom. The Bertz CT molecular complexity index is 772. The number of halogens is 1. The average Bonchev–Trinajstić information content (AvgIpc) is 2.37. The molecule has 0 radical (unpaired) electrons. The standard InChI is InChI=1S/C15H14INO3S/c1-21(19,20)10-11-4-2-5-12(8-11)15(18)17-14-7-3-6-13(16)9-14/h2-9H,10H2,1H3,(H,17,18). The largest absolute Gasteiger partial charge is 0.322 e. The van der Waals surface area contributed by atoms with Crippen LogP contribution in [0.1, 0.15) is 15.9 Å². The Kier molecular flexibility index (Phi) is 5.00. The molecule has 4 nitrogen and oxygen atoms in total. The zero-order valence-electron chi connectivity index (χ0n) is 11.3. The highest BCUT2D eigenvalue weighted by Crippen LogP contribution is 2.15. The van der Waals surface area contributed by atoms with Crippen molar-refractivity contribution in [2.45, 2.75) is 5.75 Å². The van der Waals surface area contributed by atoms with Crippen LogP contribution in [0.15, 0.2) is 48.5 Å². The molecule has 0 bridgehead atoms. The summed E-state index contributed by atoms with van der Waals surface area (Å²) in [5, 5.41) is 2.80. The smallest absolute Gasteiger partial charge is 0.255 e. The Labute approximate surface area is 137 Å². The Morgan fingerprint density at radius 2 is 1.86 bits per heavy atom. The normalized spacial score (nSPS) is 11.1. The fourth-order valence-electron chi connectivity index (χ4n) is 1.87. The summed E-state index contributed by atoms with van der Waals surface area (Å²) in [4.78, 5) is 12.2. The fourth-order valence-corrected chi connectivity index (χ4v) is 3.20. The van der Waals surface area contributed by atoms with Crippen LogP contribution in [0, 0.1) is 3.57 Å². The molecule has 2 rings (SSSR count). The zero-order valence-corrected chi connectivity index (χ0v) is 14.3. The molecule has 0 spiro atoms. The van der Waals surface area contributed by atoms with E-state index in [2.05, 4.69) is 27.9 Å². The molecule has 21 heavy (non-hydrogen) atoms. The van der Waals surface area contributed by atoms with Crippen LogP contribution in [-0.4, -0.2) is 20.6 Å². The molecule has 2 aromatic carbocycles. The number of hydrogen-bond acceptors (Lipinski definition) is 3. The van der Waals surface area contributed by atoms with Crippen molar-refractivity contribution in [3.05, 3.63) is 63.2 Å². The lowest BCUT2D eigenvalue weighted by atomic mass is 10.1. The summed E-state index contributed by atoms with van der Waals surface area (Å²) < 4.78 is 23.6. The van der Waals surface area contributed by atoms with Crippen molar-refractivity contribution >= 4 is 44.0 Å². The molecule has 0 aliphatic heterocycles. The van der Waals surface area contributed by atoms with Gasteiger partial charge in [-0.15, -0.1) is 0 Å². The number of sulfone groups is 1. The van der Waals surface area contributed by atoms with Gasteiger partial charge in [0, 0.05) is 21.1 Å². The summed E-state index contributed by atoms with van der Waals surface area (Å²) in [6, 6.07) is 14.1. The first-order chi connectivity index (χ1) is 9.83. The predicted octanol–water partition coefficient (Wildman–Crippen LogP) is 3.09. The SMILES string of the molecule is CS(=O)(=O)Cc1cccc(C(=O)Nc2cccc(I)c2)c1. The van der Waals surface area contributed by atoms with Crippen molar-refractivity contribution in [1.82, 2.24) is 0 Å². The number of nitrogens with one attached hydrogen (secondary N) is 1. The van der Waals surface area contributed by atoms with Crippen molar-refractivity contribution in [2.75, 3.05) is 11.6 Å². The molecular formula is C15H14INO3S. The molecule has 1 amide bonds. The summed E-state index contributed by atoms with van der Waals surface area (Å²) in [7, 11) is -3.12. The second-order valence-electron chi connectivity index (χ2n) is 4.73. The van der Waals surface area contributed by atoms with Crippen LogP contribution in [0.25, 0.3) is 0 Å². The lowest BCUT2D eigenvalue weighted by Crippen LogP contribution is -2.12. The van der Waals surface area contributed by atoms with Gasteiger partial charge in [0.2, 0.25) is 0 Å². The average molecular weight is 415 g/mol. The first-order valence-corrected chi connectivity index (χ1v) is 9.31. The van der Waals surface area contributed by atoms with E-state index in [4.69, 9.17) is 0 Å². The highest BCUT2D eigenvalue weighted by atomic mass is 127. The lowest BCUT2D eigenvalue weighted by molar-refractivity contribution is 0.102. The van der Waals surface area contributed by atoms with Crippen LogP contribution in [-0.2, 0) is 15.6 Å². The molecule has 0 aliphatic rings. The van der Waals surface area contributed by atoms with Crippen LogP contribution < -0.4 is 5.32 Å². The number of rotatable bonds is 4. The van der Waals surface area contributed by atoms with E-state index in [0.29, 0.717) is 16.8 Å². The summed E-state index contributed by atoms with van der Waals surface area (Å²) >= 11 is 2.17. The molecule has 0 heterocycles. The van der Waals surface area contributed by atoms with Gasteiger partial charge in [0.25, 0.3) is 5.91 Å². The van der Waals surface area contributed by atoms with Gasteiger partial charge in [-0.3, -0.25) is 4.79 Å². The molecular weight excluding hydrogens is 401 g/mol. The first kappa shape index (κ1) is 16.0. The van der Waals surface area contributed by atoms with E-state index in [-0.39, 0.29) is 11.7 Å². The molecule has 110 valence electrons. The monoisotopic (exact) mass is 415 g/mol. The van der Waals surface area contributed by atoms with Crippen LogP contribution in [0.3, 0.4) is 0 Å². The molecule has 0 atom stereocenters. The van der Waals surface area contributed by atoms with Gasteiger partial charge in [-0.05, 0) is 58.5 Å². The second-order valence-corrected chi connectivity index (χ2v) is 8.12. The maximum Gasteiger partial charge on any atom is 0.255 e. The Hall–Kier alpha value is -1.41. The molecule has 0 aliphatic carbocycles. The molecule has 0 aromatic heterocycles. The van der Waals surface area contributed by atoms with E-state index >= 15 is 0 Å². The van der Waals surface area contributed by atoms with Gasteiger partial charge >= 0.3 is 0 Å². The maximum atomic E-state index is 12.2. The van der Waals surface area contributed by atoms with E-state index < -0.39 is 9.84 Å². The van der Waals surface area contributed by atoms with Gasteiger partial charge in [-0.25, -0.2) is 8.42 Å². The van der Waals surface area contributed by atoms with E-state index in [1.54, 1.807) is 30.3 Å². The minimum absolute atomic E-state index is 0.0721. The van der Waals surface area contributed by atoms with Crippen LogP contribution in [0.4, 0.5) is 5.69 Å². The molecule has 0 fully saturated rings. The van der Waals surface area contributed by atoms with Crippen molar-refractivity contribution in [1.29, 1.82) is 0 Å². The maximum absolute atomic E-state index is 12.2. The summed E-state index contributed by atoms with van der Waals surface area (Å²) in [5.41, 5.74) is 1.75. The van der Waals surface area contributed by atoms with Crippen molar-refractivity contribution in [2.24, 2.45) is 0 Å². The van der Waals surface area contributed by atoms with E-state index in [0.717, 1.165) is 3.57 Å². The van der Waals surface area contributed by atoms with E-state index in [1.807, 2.05) is 18.2 Å². The minimum Gasteiger partial charge on any atom is -0.322 e. The number of hydrogen-bond donors (Lipinski definition) is 1. The molecule has 2 aromatic rings. The summed E-state index contributed by atoms with van der Waals surface area (Å²) in [6.07, 6.45) is 1.17. The fraction of sp³-hybridized carbons (Fsp3) is 0.133. The summed E-state index contributed by atoms with van der Waals surface area (Å²) in [5.74, 6) is -0.329. The quantitative estimate of drug-likeness (QED) is 0.781. The Balaban J connectivity index is 2.18. The van der Waals surface area contributed by atoms with Gasteiger partial charge in [-0.1, -0.05) is 18.2 Å². The van der Waals surface area contributed by atoms with Crippen molar-refractivity contribution in [3.63, 3.8) is 0 Å². The third-order valence-corrected chi connectivity index (χ3v) is 4.23. The van der Waals surface area contributed by atoms with Gasteiger partial charge in [-0.2, -0.15) is 0 Å². The Morgan fingerprint density at radius 1 is 1.14 bits per heavy atom. The van der Waals surface area contributed by atoms with Crippen LogP contribution >= 0.6 is 22.6 Å². The van der Waals surface area contributed by atoms with Crippen LogP contribution in [0.5, 0.6) is 0 Å². The second kappa shape index (κ2) is 6.57. The molecule has 0 saturated carbocycles. The van der Waals surface area contributed by atoms with Crippen LogP contribution in [0.2, 0.25) is 0 Å². The first-order valence-electron chi connectivity index (χ1n) is 6.17. The topological polar surface area (TPSA) is 63.2 Å². The molecule has 0 unspecified atom stereocenters.